The van der Waals surface area contributed by atoms with Crippen molar-refractivity contribution in [2.24, 2.45) is 5.73 Å². The van der Waals surface area contributed by atoms with Gasteiger partial charge >= 0.3 is 0 Å². The number of hydrogen-bond acceptors (Lipinski definition) is 4. The van der Waals surface area contributed by atoms with Crippen LogP contribution in [0.4, 0.5) is 0 Å². The second-order valence-corrected chi connectivity index (χ2v) is 4.34. The van der Waals surface area contributed by atoms with Gasteiger partial charge in [0.2, 0.25) is 0 Å². The maximum Gasteiger partial charge on any atom is 0.134 e. The highest BCUT2D eigenvalue weighted by atomic mass is 32.1. The van der Waals surface area contributed by atoms with Gasteiger partial charge in [-0.25, -0.2) is 0 Å². The number of hydrogen-bond donors (Lipinski definition) is 1. The van der Waals surface area contributed by atoms with E-state index in [0.29, 0.717) is 5.92 Å². The van der Waals surface area contributed by atoms with Crippen LogP contribution in [-0.2, 0) is 0 Å². The highest BCUT2D eigenvalue weighted by molar-refractivity contribution is 7.11. The van der Waals surface area contributed by atoms with E-state index >= 15 is 0 Å². The summed E-state index contributed by atoms with van der Waals surface area (Å²) in [6.07, 6.45) is 2.03. The molecule has 2 unspecified atom stereocenters. The molecule has 0 amide bonds. The lowest BCUT2D eigenvalue weighted by atomic mass is 10.1. The van der Waals surface area contributed by atoms with Crippen LogP contribution in [0, 0.1) is 0 Å². The first-order valence-corrected chi connectivity index (χ1v) is 5.59. The van der Waals surface area contributed by atoms with Crippen molar-refractivity contribution in [3.63, 3.8) is 0 Å². The highest BCUT2D eigenvalue weighted by Crippen LogP contribution is 2.25. The van der Waals surface area contributed by atoms with Crippen LogP contribution in [0.3, 0.4) is 0 Å². The summed E-state index contributed by atoms with van der Waals surface area (Å²) in [6, 6.07) is 0.0651. The van der Waals surface area contributed by atoms with Crippen molar-refractivity contribution >= 4 is 11.3 Å². The minimum Gasteiger partial charge on any atom is -0.322 e. The van der Waals surface area contributed by atoms with Crippen molar-refractivity contribution in [3.05, 3.63) is 10.0 Å². The van der Waals surface area contributed by atoms with Gasteiger partial charge in [-0.05, 0) is 12.8 Å². The largest absolute Gasteiger partial charge is 0.322 e. The standard InChI is InChI=1S/C9H17N3S/c1-4-6(3)8-11-12-9(13-8)7(10)5-2/h6-7H,4-5,10H2,1-3H3. The molecule has 0 fully saturated rings. The Balaban J connectivity index is 2.74. The molecule has 0 radical (unpaired) electrons. The van der Waals surface area contributed by atoms with Crippen molar-refractivity contribution in [2.75, 3.05) is 0 Å². The Morgan fingerprint density at radius 1 is 1.23 bits per heavy atom. The molecule has 0 spiro atoms. The lowest BCUT2D eigenvalue weighted by Gasteiger charge is -2.02. The van der Waals surface area contributed by atoms with Crippen LogP contribution in [0.5, 0.6) is 0 Å². The molecule has 1 rings (SSSR count). The van der Waals surface area contributed by atoms with Crippen molar-refractivity contribution in [3.8, 4) is 0 Å². The Labute approximate surface area is 83.4 Å². The van der Waals surface area contributed by atoms with Gasteiger partial charge < -0.3 is 5.73 Å². The van der Waals surface area contributed by atoms with Crippen molar-refractivity contribution in [2.45, 2.75) is 45.6 Å². The van der Waals surface area contributed by atoms with E-state index in [9.17, 15) is 0 Å². The normalized spacial score (nSPS) is 15.7. The SMILES string of the molecule is CCC(C)c1nnc(C(N)CC)s1. The van der Waals surface area contributed by atoms with Crippen molar-refractivity contribution < 1.29 is 0 Å². The second-order valence-electron chi connectivity index (χ2n) is 3.30. The maximum absolute atomic E-state index is 5.86. The third-order valence-electron chi connectivity index (χ3n) is 2.25. The van der Waals surface area contributed by atoms with E-state index in [1.807, 2.05) is 0 Å². The first-order valence-electron chi connectivity index (χ1n) is 4.77. The zero-order chi connectivity index (χ0) is 9.84. The number of nitrogens with two attached hydrogens (primary N) is 1. The maximum atomic E-state index is 5.86. The molecule has 0 aromatic carbocycles. The molecular formula is C9H17N3S. The van der Waals surface area contributed by atoms with E-state index < -0.39 is 0 Å². The molecule has 0 saturated heterocycles. The van der Waals surface area contributed by atoms with Gasteiger partial charge in [-0.1, -0.05) is 32.1 Å². The van der Waals surface area contributed by atoms with Gasteiger partial charge in [-0.2, -0.15) is 0 Å². The predicted molar refractivity (Wildman–Crippen MR) is 55.8 cm³/mol. The van der Waals surface area contributed by atoms with Gasteiger partial charge in [0.05, 0.1) is 6.04 Å². The lowest BCUT2D eigenvalue weighted by molar-refractivity contribution is 0.674. The third kappa shape index (κ3) is 2.48. The molecular weight excluding hydrogens is 182 g/mol. The summed E-state index contributed by atoms with van der Waals surface area (Å²) >= 11 is 1.65. The third-order valence-corrected chi connectivity index (χ3v) is 3.53. The van der Waals surface area contributed by atoms with Crippen LogP contribution in [-0.4, -0.2) is 10.2 Å². The zero-order valence-electron chi connectivity index (χ0n) is 8.45. The Kier molecular flexibility index (Phi) is 3.81. The van der Waals surface area contributed by atoms with E-state index in [2.05, 4.69) is 31.0 Å². The van der Waals surface area contributed by atoms with E-state index in [4.69, 9.17) is 5.73 Å². The summed E-state index contributed by atoms with van der Waals surface area (Å²) in [4.78, 5) is 0. The van der Waals surface area contributed by atoms with Gasteiger partial charge in [0.1, 0.15) is 10.0 Å². The summed E-state index contributed by atoms with van der Waals surface area (Å²) in [7, 11) is 0. The van der Waals surface area contributed by atoms with E-state index in [1.54, 1.807) is 11.3 Å². The summed E-state index contributed by atoms with van der Waals surface area (Å²) in [5.41, 5.74) is 5.86. The van der Waals surface area contributed by atoms with E-state index in [-0.39, 0.29) is 6.04 Å². The number of nitrogens with zero attached hydrogens (tertiary/aromatic N) is 2. The van der Waals surface area contributed by atoms with Gasteiger partial charge in [-0.15, -0.1) is 10.2 Å². The first kappa shape index (κ1) is 10.6. The predicted octanol–water partition coefficient (Wildman–Crippen LogP) is 2.46. The molecule has 1 aromatic rings. The lowest BCUT2D eigenvalue weighted by Crippen LogP contribution is -2.07. The Morgan fingerprint density at radius 2 is 1.85 bits per heavy atom. The van der Waals surface area contributed by atoms with Crippen LogP contribution in [0.15, 0.2) is 0 Å². The molecule has 0 aliphatic carbocycles. The van der Waals surface area contributed by atoms with Crippen molar-refractivity contribution in [1.29, 1.82) is 0 Å². The Morgan fingerprint density at radius 3 is 2.38 bits per heavy atom. The van der Waals surface area contributed by atoms with Crippen molar-refractivity contribution in [1.82, 2.24) is 10.2 Å². The molecule has 3 nitrogen and oxygen atoms in total. The smallest absolute Gasteiger partial charge is 0.134 e. The second kappa shape index (κ2) is 4.67. The molecule has 74 valence electrons. The van der Waals surface area contributed by atoms with Gasteiger partial charge in [0.25, 0.3) is 0 Å². The van der Waals surface area contributed by atoms with Crippen LogP contribution >= 0.6 is 11.3 Å². The molecule has 13 heavy (non-hydrogen) atoms. The average Bonchev–Trinajstić information content (AvgIpc) is 2.64. The Bertz CT molecular complexity index is 235. The number of rotatable bonds is 4. The zero-order valence-corrected chi connectivity index (χ0v) is 9.27. The molecule has 1 heterocycles. The molecule has 1 aromatic heterocycles. The average molecular weight is 199 g/mol. The van der Waals surface area contributed by atoms with Crippen LogP contribution < -0.4 is 5.73 Å². The topological polar surface area (TPSA) is 51.8 Å². The van der Waals surface area contributed by atoms with Crippen LogP contribution in [0.2, 0.25) is 0 Å². The summed E-state index contributed by atoms with van der Waals surface area (Å²) < 4.78 is 0. The van der Waals surface area contributed by atoms with Crippen LogP contribution in [0.1, 0.15) is 55.6 Å². The molecule has 2 atom stereocenters. The van der Waals surface area contributed by atoms with E-state index in [1.165, 1.54) is 0 Å². The fraction of sp³-hybridized carbons (Fsp3) is 0.778. The quantitative estimate of drug-likeness (QED) is 0.810. The fourth-order valence-electron chi connectivity index (χ4n) is 0.945. The van der Waals surface area contributed by atoms with Gasteiger partial charge in [-0.3, -0.25) is 0 Å². The summed E-state index contributed by atoms with van der Waals surface area (Å²) in [5.74, 6) is 0.510. The first-order chi connectivity index (χ1) is 6.19. The molecule has 2 N–H and O–H groups in total. The molecule has 0 aliphatic heterocycles. The fourth-order valence-corrected chi connectivity index (χ4v) is 2.01. The number of aromatic nitrogens is 2. The molecule has 0 aliphatic rings. The highest BCUT2D eigenvalue weighted by Gasteiger charge is 2.13. The minimum absolute atomic E-state index is 0.0651. The van der Waals surface area contributed by atoms with Gasteiger partial charge in [0.15, 0.2) is 0 Å². The molecule has 0 bridgehead atoms. The van der Waals surface area contributed by atoms with Gasteiger partial charge in [0, 0.05) is 5.92 Å². The summed E-state index contributed by atoms with van der Waals surface area (Å²) in [6.45, 7) is 6.39. The van der Waals surface area contributed by atoms with Crippen LogP contribution in [0.25, 0.3) is 0 Å². The molecule has 4 heteroatoms. The minimum atomic E-state index is 0.0651. The molecule has 0 saturated carbocycles. The summed E-state index contributed by atoms with van der Waals surface area (Å²) in [5, 5.41) is 10.3. The monoisotopic (exact) mass is 199 g/mol. The Hall–Kier alpha value is -0.480. The van der Waals surface area contributed by atoms with E-state index in [0.717, 1.165) is 22.9 Å².